The number of hydrogen-bond donors (Lipinski definition) is 1. The molecule has 0 aromatic rings. The van der Waals surface area contributed by atoms with Crippen molar-refractivity contribution in [1.82, 2.24) is 0 Å². The van der Waals surface area contributed by atoms with Crippen LogP contribution in [-0.2, 0) is 0 Å². The molecule has 1 aliphatic rings. The van der Waals surface area contributed by atoms with E-state index in [4.69, 9.17) is 5.73 Å². The third-order valence-corrected chi connectivity index (χ3v) is 3.61. The summed E-state index contributed by atoms with van der Waals surface area (Å²) in [4.78, 5) is 0. The number of allylic oxidation sites excluding steroid dienone is 1. The van der Waals surface area contributed by atoms with Gasteiger partial charge in [0, 0.05) is 6.04 Å². The molecular weight excluding hydrogens is 158 g/mol. The van der Waals surface area contributed by atoms with E-state index in [1.807, 2.05) is 0 Å². The summed E-state index contributed by atoms with van der Waals surface area (Å²) in [5.41, 5.74) is 6.40. The molecule has 0 heterocycles. The first-order valence-corrected chi connectivity index (χ1v) is 5.35. The van der Waals surface area contributed by atoms with Gasteiger partial charge in [-0.15, -0.1) is 6.58 Å². The maximum atomic E-state index is 6.00. The smallest absolute Gasteiger partial charge is 0.00438 e. The summed E-state index contributed by atoms with van der Waals surface area (Å²) >= 11 is 0. The molecule has 0 aromatic heterocycles. The van der Waals surface area contributed by atoms with E-state index in [0.29, 0.717) is 23.3 Å². The van der Waals surface area contributed by atoms with Gasteiger partial charge in [0.2, 0.25) is 0 Å². The first-order chi connectivity index (χ1) is 5.97. The van der Waals surface area contributed by atoms with Crippen molar-refractivity contribution < 1.29 is 0 Å². The summed E-state index contributed by atoms with van der Waals surface area (Å²) in [6.07, 6.45) is 5.91. The summed E-state index contributed by atoms with van der Waals surface area (Å²) in [5.74, 6) is 1.40. The van der Waals surface area contributed by atoms with Crippen LogP contribution >= 0.6 is 0 Å². The lowest BCUT2D eigenvalue weighted by Crippen LogP contribution is -2.41. The normalized spacial score (nSPS) is 35.4. The molecule has 0 amide bonds. The molecule has 2 N–H and O–H groups in total. The highest BCUT2D eigenvalue weighted by atomic mass is 14.7. The van der Waals surface area contributed by atoms with Gasteiger partial charge in [-0.1, -0.05) is 19.9 Å². The molecule has 1 unspecified atom stereocenters. The maximum absolute atomic E-state index is 6.00. The molecule has 3 atom stereocenters. The van der Waals surface area contributed by atoms with Crippen LogP contribution < -0.4 is 5.73 Å². The van der Waals surface area contributed by atoms with Gasteiger partial charge in [0.25, 0.3) is 0 Å². The van der Waals surface area contributed by atoms with Gasteiger partial charge in [-0.3, -0.25) is 0 Å². The van der Waals surface area contributed by atoms with Gasteiger partial charge in [0.15, 0.2) is 0 Å². The number of rotatable bonds is 2. The van der Waals surface area contributed by atoms with Gasteiger partial charge in [-0.25, -0.2) is 0 Å². The fourth-order valence-electron chi connectivity index (χ4n) is 2.89. The third kappa shape index (κ3) is 2.34. The number of hydrogen-bond acceptors (Lipinski definition) is 1. The molecule has 0 radical (unpaired) electrons. The van der Waals surface area contributed by atoms with Crippen LogP contribution in [0.25, 0.3) is 0 Å². The molecule has 0 bridgehead atoms. The molecule has 76 valence electrons. The molecule has 1 heteroatoms. The Kier molecular flexibility index (Phi) is 3.18. The second kappa shape index (κ2) is 3.83. The molecular formula is C12H23N. The summed E-state index contributed by atoms with van der Waals surface area (Å²) in [6.45, 7) is 10.7. The van der Waals surface area contributed by atoms with Crippen molar-refractivity contribution in [3.63, 3.8) is 0 Å². The highest BCUT2D eigenvalue weighted by molar-refractivity contribution is 4.94. The molecule has 0 spiro atoms. The van der Waals surface area contributed by atoms with E-state index in [-0.39, 0.29) is 0 Å². The van der Waals surface area contributed by atoms with E-state index >= 15 is 0 Å². The van der Waals surface area contributed by atoms with Crippen LogP contribution in [0, 0.1) is 17.3 Å². The first kappa shape index (κ1) is 10.8. The molecule has 1 rings (SSSR count). The fraction of sp³-hybridized carbons (Fsp3) is 0.833. The molecule has 1 nitrogen and oxygen atoms in total. The van der Waals surface area contributed by atoms with Gasteiger partial charge >= 0.3 is 0 Å². The van der Waals surface area contributed by atoms with Gasteiger partial charge in [-0.05, 0) is 43.4 Å². The molecule has 0 aliphatic heterocycles. The Morgan fingerprint density at radius 2 is 2.08 bits per heavy atom. The van der Waals surface area contributed by atoms with Gasteiger partial charge in [-0.2, -0.15) is 0 Å². The summed E-state index contributed by atoms with van der Waals surface area (Å²) in [5, 5.41) is 0. The Labute approximate surface area is 82.4 Å². The Bertz CT molecular complexity index is 182. The summed E-state index contributed by atoms with van der Waals surface area (Å²) in [7, 11) is 0. The standard InChI is InChI=1S/C12H23N/c1-5-10-6-7-11(9(2)13)12(3,4)8-10/h5,9-11H,1,6-8,13H2,2-4H3/t9?,10-,11+/m1/s1. The lowest BCUT2D eigenvalue weighted by atomic mass is 9.63. The maximum Gasteiger partial charge on any atom is 0.00438 e. The Morgan fingerprint density at radius 1 is 1.46 bits per heavy atom. The quantitative estimate of drug-likeness (QED) is 0.651. The van der Waals surface area contributed by atoms with E-state index in [1.54, 1.807) is 0 Å². The average molecular weight is 181 g/mol. The highest BCUT2D eigenvalue weighted by Gasteiger charge is 2.37. The zero-order valence-electron chi connectivity index (χ0n) is 9.22. The number of nitrogens with two attached hydrogens (primary N) is 1. The van der Waals surface area contributed by atoms with Crippen LogP contribution in [0.15, 0.2) is 12.7 Å². The fourth-order valence-corrected chi connectivity index (χ4v) is 2.89. The van der Waals surface area contributed by atoms with Crippen molar-refractivity contribution in [2.24, 2.45) is 23.0 Å². The van der Waals surface area contributed by atoms with Crippen LogP contribution in [0.5, 0.6) is 0 Å². The first-order valence-electron chi connectivity index (χ1n) is 5.35. The zero-order valence-corrected chi connectivity index (χ0v) is 9.22. The highest BCUT2D eigenvalue weighted by Crippen LogP contribution is 2.44. The lowest BCUT2D eigenvalue weighted by molar-refractivity contribution is 0.0945. The topological polar surface area (TPSA) is 26.0 Å². The SMILES string of the molecule is C=C[C@@H]1CC[C@@H](C(C)N)C(C)(C)C1. The monoisotopic (exact) mass is 181 g/mol. The van der Waals surface area contributed by atoms with E-state index in [9.17, 15) is 0 Å². The van der Waals surface area contributed by atoms with Crippen molar-refractivity contribution in [3.05, 3.63) is 12.7 Å². The minimum Gasteiger partial charge on any atom is -0.328 e. The van der Waals surface area contributed by atoms with E-state index < -0.39 is 0 Å². The van der Waals surface area contributed by atoms with E-state index in [2.05, 4.69) is 33.4 Å². The van der Waals surface area contributed by atoms with E-state index in [1.165, 1.54) is 19.3 Å². The van der Waals surface area contributed by atoms with Crippen molar-refractivity contribution in [2.75, 3.05) is 0 Å². The van der Waals surface area contributed by atoms with Gasteiger partial charge in [0.05, 0.1) is 0 Å². The zero-order chi connectivity index (χ0) is 10.1. The third-order valence-electron chi connectivity index (χ3n) is 3.61. The van der Waals surface area contributed by atoms with Crippen LogP contribution in [0.3, 0.4) is 0 Å². The molecule has 0 aromatic carbocycles. The van der Waals surface area contributed by atoms with Crippen LogP contribution in [0.1, 0.15) is 40.0 Å². The van der Waals surface area contributed by atoms with Crippen molar-refractivity contribution in [1.29, 1.82) is 0 Å². The average Bonchev–Trinajstić information content (AvgIpc) is 2.01. The van der Waals surface area contributed by atoms with E-state index in [0.717, 1.165) is 0 Å². The molecule has 1 saturated carbocycles. The minimum absolute atomic E-state index is 0.334. The van der Waals surface area contributed by atoms with Crippen molar-refractivity contribution in [3.8, 4) is 0 Å². The minimum atomic E-state index is 0.334. The Balaban J connectivity index is 2.67. The lowest BCUT2D eigenvalue weighted by Gasteiger charge is -2.43. The van der Waals surface area contributed by atoms with Crippen LogP contribution in [0.2, 0.25) is 0 Å². The van der Waals surface area contributed by atoms with Gasteiger partial charge in [0.1, 0.15) is 0 Å². The van der Waals surface area contributed by atoms with Gasteiger partial charge < -0.3 is 5.73 Å². The largest absolute Gasteiger partial charge is 0.328 e. The van der Waals surface area contributed by atoms with Crippen molar-refractivity contribution >= 4 is 0 Å². The molecule has 0 saturated heterocycles. The second-order valence-electron chi connectivity index (χ2n) is 5.23. The molecule has 13 heavy (non-hydrogen) atoms. The summed E-state index contributed by atoms with van der Waals surface area (Å²) in [6, 6.07) is 0.334. The summed E-state index contributed by atoms with van der Waals surface area (Å²) < 4.78 is 0. The predicted molar refractivity (Wildman–Crippen MR) is 58.5 cm³/mol. The Morgan fingerprint density at radius 3 is 2.46 bits per heavy atom. The van der Waals surface area contributed by atoms with Crippen LogP contribution in [0.4, 0.5) is 0 Å². The van der Waals surface area contributed by atoms with Crippen LogP contribution in [-0.4, -0.2) is 6.04 Å². The van der Waals surface area contributed by atoms with Crippen molar-refractivity contribution in [2.45, 2.75) is 46.1 Å². The molecule has 1 aliphatic carbocycles. The Hall–Kier alpha value is -0.300. The second-order valence-corrected chi connectivity index (χ2v) is 5.23. The molecule has 1 fully saturated rings. The predicted octanol–water partition coefficient (Wildman–Crippen LogP) is 2.96.